The molecule has 1 aliphatic heterocycles. The molecule has 3 rings (SSSR count). The number of hydrogen-bond acceptors (Lipinski definition) is 4. The Labute approximate surface area is 172 Å². The third kappa shape index (κ3) is 6.41. The molecule has 0 bridgehead atoms. The number of benzene rings is 2. The fourth-order valence-corrected chi connectivity index (χ4v) is 3.43. The lowest BCUT2D eigenvalue weighted by atomic mass is 10.1. The molecule has 0 aliphatic carbocycles. The summed E-state index contributed by atoms with van der Waals surface area (Å²) in [6, 6.07) is 17.4. The van der Waals surface area contributed by atoms with Crippen LogP contribution in [0.2, 0.25) is 0 Å². The van der Waals surface area contributed by atoms with Crippen molar-refractivity contribution in [2.24, 2.45) is 0 Å². The number of carbonyl (C=O) groups excluding carboxylic acids is 2. The van der Waals surface area contributed by atoms with Crippen LogP contribution in [0.5, 0.6) is 0 Å². The van der Waals surface area contributed by atoms with Gasteiger partial charge in [0.15, 0.2) is 0 Å². The summed E-state index contributed by atoms with van der Waals surface area (Å²) in [7, 11) is 0. The SMILES string of the molecule is CC(C)NC(=O)c1ccccc1NC(=O)CC1CN(Cc2ccccc2)CCO1. The van der Waals surface area contributed by atoms with Gasteiger partial charge in [-0.2, -0.15) is 0 Å². The van der Waals surface area contributed by atoms with Crippen LogP contribution < -0.4 is 10.6 Å². The number of nitrogens with one attached hydrogen (secondary N) is 2. The lowest BCUT2D eigenvalue weighted by Crippen LogP contribution is -2.43. The van der Waals surface area contributed by atoms with Gasteiger partial charge in [-0.05, 0) is 31.5 Å². The molecule has 0 spiro atoms. The standard InChI is InChI=1S/C23H29N3O3/c1-17(2)24-23(28)20-10-6-7-11-21(20)25-22(27)14-19-16-26(12-13-29-19)15-18-8-4-3-5-9-18/h3-11,17,19H,12-16H2,1-2H3,(H,24,28)(H,25,27). The predicted molar refractivity (Wildman–Crippen MR) is 114 cm³/mol. The second-order valence-electron chi connectivity index (χ2n) is 7.64. The van der Waals surface area contributed by atoms with Crippen LogP contribution in [0.3, 0.4) is 0 Å². The van der Waals surface area contributed by atoms with Crippen LogP contribution in [0.25, 0.3) is 0 Å². The van der Waals surface area contributed by atoms with E-state index in [1.165, 1.54) is 5.56 Å². The number of ether oxygens (including phenoxy) is 1. The summed E-state index contributed by atoms with van der Waals surface area (Å²) in [4.78, 5) is 27.3. The zero-order valence-electron chi connectivity index (χ0n) is 17.1. The van der Waals surface area contributed by atoms with Crippen molar-refractivity contribution in [3.8, 4) is 0 Å². The number of amides is 2. The highest BCUT2D eigenvalue weighted by atomic mass is 16.5. The number of para-hydroxylation sites is 1. The molecular weight excluding hydrogens is 366 g/mol. The van der Waals surface area contributed by atoms with Gasteiger partial charge in [0.25, 0.3) is 5.91 Å². The van der Waals surface area contributed by atoms with Gasteiger partial charge in [0.1, 0.15) is 0 Å². The lowest BCUT2D eigenvalue weighted by Gasteiger charge is -2.32. The molecule has 2 N–H and O–H groups in total. The minimum Gasteiger partial charge on any atom is -0.375 e. The molecule has 0 aromatic heterocycles. The maximum atomic E-state index is 12.6. The molecule has 2 aromatic carbocycles. The van der Waals surface area contributed by atoms with Crippen LogP contribution in [0.4, 0.5) is 5.69 Å². The zero-order chi connectivity index (χ0) is 20.6. The fourth-order valence-electron chi connectivity index (χ4n) is 3.43. The van der Waals surface area contributed by atoms with Gasteiger partial charge in [-0.1, -0.05) is 42.5 Å². The van der Waals surface area contributed by atoms with Crippen molar-refractivity contribution in [2.45, 2.75) is 39.0 Å². The van der Waals surface area contributed by atoms with Gasteiger partial charge >= 0.3 is 0 Å². The first-order valence-corrected chi connectivity index (χ1v) is 10.1. The third-order valence-corrected chi connectivity index (χ3v) is 4.75. The summed E-state index contributed by atoms with van der Waals surface area (Å²) in [5.74, 6) is -0.347. The molecule has 1 saturated heterocycles. The summed E-state index contributed by atoms with van der Waals surface area (Å²) in [5.41, 5.74) is 2.24. The van der Waals surface area contributed by atoms with E-state index in [4.69, 9.17) is 4.74 Å². The van der Waals surface area contributed by atoms with Gasteiger partial charge in [-0.3, -0.25) is 14.5 Å². The number of anilines is 1. The number of rotatable bonds is 7. The summed E-state index contributed by atoms with van der Waals surface area (Å²) in [6.45, 7) is 6.82. The highest BCUT2D eigenvalue weighted by molar-refractivity contribution is 6.03. The Kier molecular flexibility index (Phi) is 7.38. The maximum Gasteiger partial charge on any atom is 0.253 e. The quantitative estimate of drug-likeness (QED) is 0.756. The van der Waals surface area contributed by atoms with Crippen molar-refractivity contribution >= 4 is 17.5 Å². The van der Waals surface area contributed by atoms with Gasteiger partial charge in [-0.25, -0.2) is 0 Å². The van der Waals surface area contributed by atoms with E-state index in [-0.39, 0.29) is 30.4 Å². The summed E-state index contributed by atoms with van der Waals surface area (Å²) < 4.78 is 5.80. The zero-order valence-corrected chi connectivity index (χ0v) is 17.1. The second kappa shape index (κ2) is 10.2. The Bertz CT molecular complexity index is 823. The average Bonchev–Trinajstić information content (AvgIpc) is 2.69. The van der Waals surface area contributed by atoms with Crippen molar-refractivity contribution in [1.82, 2.24) is 10.2 Å². The highest BCUT2D eigenvalue weighted by Crippen LogP contribution is 2.17. The molecule has 2 amide bonds. The molecule has 2 aromatic rings. The minimum atomic E-state index is -0.196. The Morgan fingerprint density at radius 2 is 1.83 bits per heavy atom. The molecule has 0 saturated carbocycles. The number of morpholine rings is 1. The highest BCUT2D eigenvalue weighted by Gasteiger charge is 2.23. The van der Waals surface area contributed by atoms with Crippen LogP contribution in [0.1, 0.15) is 36.2 Å². The lowest BCUT2D eigenvalue weighted by molar-refractivity contribution is -0.121. The fraction of sp³-hybridized carbons (Fsp3) is 0.391. The molecule has 29 heavy (non-hydrogen) atoms. The molecule has 6 nitrogen and oxygen atoms in total. The van der Waals surface area contributed by atoms with E-state index in [9.17, 15) is 9.59 Å². The molecule has 1 aliphatic rings. The first-order chi connectivity index (χ1) is 14.0. The topological polar surface area (TPSA) is 70.7 Å². The number of hydrogen-bond donors (Lipinski definition) is 2. The van der Waals surface area contributed by atoms with E-state index < -0.39 is 0 Å². The summed E-state index contributed by atoms with van der Waals surface area (Å²) in [5, 5.41) is 5.74. The monoisotopic (exact) mass is 395 g/mol. The van der Waals surface area contributed by atoms with E-state index >= 15 is 0 Å². The first kappa shape index (κ1) is 21.0. The third-order valence-electron chi connectivity index (χ3n) is 4.75. The number of carbonyl (C=O) groups is 2. The Hall–Kier alpha value is -2.70. The number of nitrogens with zero attached hydrogens (tertiary/aromatic N) is 1. The first-order valence-electron chi connectivity index (χ1n) is 10.1. The van der Waals surface area contributed by atoms with Crippen LogP contribution in [0.15, 0.2) is 54.6 Å². The molecule has 6 heteroatoms. The smallest absolute Gasteiger partial charge is 0.253 e. The molecule has 1 atom stereocenters. The van der Waals surface area contributed by atoms with E-state index in [0.717, 1.165) is 13.1 Å². The van der Waals surface area contributed by atoms with Crippen molar-refractivity contribution in [2.75, 3.05) is 25.0 Å². The largest absolute Gasteiger partial charge is 0.375 e. The maximum absolute atomic E-state index is 12.6. The van der Waals surface area contributed by atoms with E-state index in [0.29, 0.717) is 24.4 Å². The molecular formula is C23H29N3O3. The van der Waals surface area contributed by atoms with Gasteiger partial charge in [0.2, 0.25) is 5.91 Å². The van der Waals surface area contributed by atoms with Crippen molar-refractivity contribution < 1.29 is 14.3 Å². The van der Waals surface area contributed by atoms with Gasteiger partial charge in [0, 0.05) is 25.7 Å². The van der Waals surface area contributed by atoms with Crippen molar-refractivity contribution in [3.63, 3.8) is 0 Å². The van der Waals surface area contributed by atoms with Crippen LogP contribution >= 0.6 is 0 Å². The molecule has 1 fully saturated rings. The normalized spacial score (nSPS) is 17.1. The Morgan fingerprint density at radius 1 is 1.10 bits per heavy atom. The van der Waals surface area contributed by atoms with E-state index in [2.05, 4.69) is 27.7 Å². The predicted octanol–water partition coefficient (Wildman–Crippen LogP) is 3.05. The summed E-state index contributed by atoms with van der Waals surface area (Å²) in [6.07, 6.45) is 0.0925. The molecule has 1 unspecified atom stereocenters. The Morgan fingerprint density at radius 3 is 2.59 bits per heavy atom. The van der Waals surface area contributed by atoms with Crippen LogP contribution in [-0.2, 0) is 16.1 Å². The second-order valence-corrected chi connectivity index (χ2v) is 7.64. The van der Waals surface area contributed by atoms with Gasteiger partial charge in [0.05, 0.1) is 30.4 Å². The average molecular weight is 396 g/mol. The van der Waals surface area contributed by atoms with E-state index in [1.54, 1.807) is 24.3 Å². The van der Waals surface area contributed by atoms with Crippen molar-refractivity contribution in [1.29, 1.82) is 0 Å². The Balaban J connectivity index is 1.56. The van der Waals surface area contributed by atoms with E-state index in [1.807, 2.05) is 32.0 Å². The van der Waals surface area contributed by atoms with Gasteiger partial charge < -0.3 is 15.4 Å². The van der Waals surface area contributed by atoms with Crippen molar-refractivity contribution in [3.05, 3.63) is 65.7 Å². The van der Waals surface area contributed by atoms with Gasteiger partial charge in [-0.15, -0.1) is 0 Å². The molecule has 1 heterocycles. The van der Waals surface area contributed by atoms with Crippen LogP contribution in [0, 0.1) is 0 Å². The summed E-state index contributed by atoms with van der Waals surface area (Å²) >= 11 is 0. The minimum absolute atomic E-state index is 0.0255. The molecule has 0 radical (unpaired) electrons. The molecule has 154 valence electrons. The van der Waals surface area contributed by atoms with Crippen LogP contribution in [-0.4, -0.2) is 48.6 Å².